The van der Waals surface area contributed by atoms with E-state index in [4.69, 9.17) is 5.26 Å². The molecule has 0 aliphatic carbocycles. The van der Waals surface area contributed by atoms with Gasteiger partial charge in [0.05, 0.1) is 16.5 Å². The van der Waals surface area contributed by atoms with Crippen LogP contribution in [0.15, 0.2) is 53.4 Å². The molecule has 126 valence electrons. The van der Waals surface area contributed by atoms with E-state index in [0.717, 1.165) is 0 Å². The summed E-state index contributed by atoms with van der Waals surface area (Å²) in [4.78, 5) is 1.83. The predicted molar refractivity (Wildman–Crippen MR) is 89.2 cm³/mol. The lowest BCUT2D eigenvalue weighted by molar-refractivity contribution is 0.299. The molecule has 0 unspecified atom stereocenters. The molecule has 7 heteroatoms. The first kappa shape index (κ1) is 18.1. The lowest BCUT2D eigenvalue weighted by Crippen LogP contribution is -2.34. The zero-order valence-electron chi connectivity index (χ0n) is 13.4. The maximum Gasteiger partial charge on any atom is 0.240 e. The Morgan fingerprint density at radius 3 is 2.54 bits per heavy atom. The molecule has 0 spiro atoms. The number of hydrogen-bond donors (Lipinski definition) is 1. The number of nitrogens with zero attached hydrogens (tertiary/aromatic N) is 2. The predicted octanol–water partition coefficient (Wildman–Crippen LogP) is 2.28. The largest absolute Gasteiger partial charge is 0.301 e. The molecule has 2 aromatic rings. The Balaban J connectivity index is 2.21. The second kappa shape index (κ2) is 7.53. The average Bonchev–Trinajstić information content (AvgIpc) is 2.55. The van der Waals surface area contributed by atoms with Gasteiger partial charge in [0, 0.05) is 12.6 Å². The number of likely N-dealkylation sites (N-methyl/N-ethyl adjacent to an activating group) is 1. The fourth-order valence-electron chi connectivity index (χ4n) is 2.32. The van der Waals surface area contributed by atoms with E-state index in [-0.39, 0.29) is 28.9 Å². The molecule has 5 nitrogen and oxygen atoms in total. The van der Waals surface area contributed by atoms with Crippen molar-refractivity contribution in [2.75, 3.05) is 20.6 Å². The number of sulfonamides is 1. The highest BCUT2D eigenvalue weighted by molar-refractivity contribution is 7.89. The maximum atomic E-state index is 13.4. The summed E-state index contributed by atoms with van der Waals surface area (Å²) in [5.74, 6) is -0.371. The van der Waals surface area contributed by atoms with E-state index in [9.17, 15) is 12.8 Å². The van der Waals surface area contributed by atoms with Crippen LogP contribution in [0.1, 0.15) is 17.2 Å². The molecular weight excluding hydrogens is 329 g/mol. The molecule has 0 radical (unpaired) electrons. The van der Waals surface area contributed by atoms with Crippen LogP contribution in [0.4, 0.5) is 4.39 Å². The highest BCUT2D eigenvalue weighted by Crippen LogP contribution is 2.19. The Labute approximate surface area is 141 Å². The molecule has 0 bridgehead atoms. The molecule has 0 aromatic heterocycles. The van der Waals surface area contributed by atoms with Crippen molar-refractivity contribution in [1.29, 1.82) is 5.26 Å². The lowest BCUT2D eigenvalue weighted by atomic mass is 10.1. The Kier molecular flexibility index (Phi) is 5.67. The van der Waals surface area contributed by atoms with Crippen molar-refractivity contribution in [2.24, 2.45) is 0 Å². The van der Waals surface area contributed by atoms with Gasteiger partial charge in [0.25, 0.3) is 0 Å². The second-order valence-electron chi connectivity index (χ2n) is 5.53. The van der Waals surface area contributed by atoms with Gasteiger partial charge in [-0.3, -0.25) is 0 Å². The normalized spacial score (nSPS) is 12.8. The molecule has 0 saturated heterocycles. The summed E-state index contributed by atoms with van der Waals surface area (Å²) in [7, 11) is -0.177. The van der Waals surface area contributed by atoms with E-state index in [1.165, 1.54) is 36.4 Å². The summed E-state index contributed by atoms with van der Waals surface area (Å²) >= 11 is 0. The minimum atomic E-state index is -3.76. The topological polar surface area (TPSA) is 73.2 Å². The molecule has 0 amide bonds. The molecule has 24 heavy (non-hydrogen) atoms. The van der Waals surface area contributed by atoms with Crippen molar-refractivity contribution in [3.63, 3.8) is 0 Å². The number of nitrogens with one attached hydrogen (secondary N) is 1. The number of nitriles is 1. The molecule has 1 N–H and O–H groups in total. The van der Waals surface area contributed by atoms with Crippen molar-refractivity contribution in [1.82, 2.24) is 9.62 Å². The molecule has 0 aliphatic rings. The zero-order valence-corrected chi connectivity index (χ0v) is 14.2. The maximum absolute atomic E-state index is 13.4. The third-order valence-electron chi connectivity index (χ3n) is 3.60. The van der Waals surface area contributed by atoms with Gasteiger partial charge >= 0.3 is 0 Å². The second-order valence-corrected chi connectivity index (χ2v) is 7.29. The van der Waals surface area contributed by atoms with Crippen LogP contribution in [-0.2, 0) is 10.0 Å². The van der Waals surface area contributed by atoms with Crippen molar-refractivity contribution in [2.45, 2.75) is 10.9 Å². The quantitative estimate of drug-likeness (QED) is 0.870. The van der Waals surface area contributed by atoms with Gasteiger partial charge in [-0.1, -0.05) is 18.2 Å². The molecule has 2 aromatic carbocycles. The van der Waals surface area contributed by atoms with Crippen LogP contribution < -0.4 is 4.72 Å². The molecule has 0 aliphatic heterocycles. The number of halogens is 1. The van der Waals surface area contributed by atoms with Gasteiger partial charge in [0.1, 0.15) is 5.82 Å². The highest BCUT2D eigenvalue weighted by atomic mass is 32.2. The van der Waals surface area contributed by atoms with Crippen LogP contribution in [0, 0.1) is 17.1 Å². The molecule has 0 fully saturated rings. The van der Waals surface area contributed by atoms with Gasteiger partial charge in [0.2, 0.25) is 10.0 Å². The zero-order chi connectivity index (χ0) is 17.7. The fraction of sp³-hybridized carbons (Fsp3) is 0.235. The molecule has 0 heterocycles. The third-order valence-corrected chi connectivity index (χ3v) is 5.02. The fourth-order valence-corrected chi connectivity index (χ4v) is 3.40. The van der Waals surface area contributed by atoms with Gasteiger partial charge in [-0.2, -0.15) is 5.26 Å². The summed E-state index contributed by atoms with van der Waals surface area (Å²) in [6.07, 6.45) is 0. The van der Waals surface area contributed by atoms with Crippen molar-refractivity contribution in [3.05, 3.63) is 65.5 Å². The number of benzene rings is 2. The summed E-state index contributed by atoms with van der Waals surface area (Å²) in [6.45, 7) is 0.0789. The highest BCUT2D eigenvalue weighted by Gasteiger charge is 2.20. The Bertz CT molecular complexity index is 860. The standard InChI is InChI=1S/C17H18FN3O2S/c1-21(2)17(14-6-4-7-15(18)10-14)12-20-24(22,23)16-8-3-5-13(9-16)11-19/h3-10,17,20H,12H2,1-2H3/t17-/m0/s1. The number of rotatable bonds is 6. The van der Waals surface area contributed by atoms with Crippen LogP contribution in [0.5, 0.6) is 0 Å². The van der Waals surface area contributed by atoms with Crippen LogP contribution >= 0.6 is 0 Å². The SMILES string of the molecule is CN(C)[C@@H](CNS(=O)(=O)c1cccc(C#N)c1)c1cccc(F)c1. The van der Waals surface area contributed by atoms with E-state index in [2.05, 4.69) is 4.72 Å². The number of hydrogen-bond acceptors (Lipinski definition) is 4. The van der Waals surface area contributed by atoms with Crippen LogP contribution in [0.25, 0.3) is 0 Å². The van der Waals surface area contributed by atoms with Crippen LogP contribution in [0.2, 0.25) is 0 Å². The minimum absolute atomic E-state index is 0.0262. The van der Waals surface area contributed by atoms with Gasteiger partial charge < -0.3 is 4.90 Å². The Hall–Kier alpha value is -2.27. The van der Waals surface area contributed by atoms with Crippen LogP contribution in [0.3, 0.4) is 0 Å². The Morgan fingerprint density at radius 1 is 1.21 bits per heavy atom. The minimum Gasteiger partial charge on any atom is -0.301 e. The van der Waals surface area contributed by atoms with Gasteiger partial charge in [-0.05, 0) is 50.0 Å². The lowest BCUT2D eigenvalue weighted by Gasteiger charge is -2.25. The monoisotopic (exact) mass is 347 g/mol. The molecule has 1 atom stereocenters. The van der Waals surface area contributed by atoms with Crippen LogP contribution in [-0.4, -0.2) is 34.0 Å². The molecule has 0 saturated carbocycles. The third kappa shape index (κ3) is 4.38. The van der Waals surface area contributed by atoms with E-state index in [0.29, 0.717) is 5.56 Å². The Morgan fingerprint density at radius 2 is 1.92 bits per heavy atom. The molecule has 2 rings (SSSR count). The summed E-state index contributed by atoms with van der Waals surface area (Å²) in [6, 6.07) is 13.4. The first-order chi connectivity index (χ1) is 11.3. The summed E-state index contributed by atoms with van der Waals surface area (Å²) in [5.41, 5.74) is 0.945. The van der Waals surface area contributed by atoms with Gasteiger partial charge in [0.15, 0.2) is 0 Å². The van der Waals surface area contributed by atoms with E-state index in [1.807, 2.05) is 11.0 Å². The smallest absolute Gasteiger partial charge is 0.240 e. The first-order valence-electron chi connectivity index (χ1n) is 7.25. The van der Waals surface area contributed by atoms with E-state index in [1.54, 1.807) is 26.2 Å². The molecular formula is C17H18FN3O2S. The van der Waals surface area contributed by atoms with Crippen molar-refractivity contribution in [3.8, 4) is 6.07 Å². The summed E-state index contributed by atoms with van der Waals surface area (Å²) < 4.78 is 40.8. The van der Waals surface area contributed by atoms with Gasteiger partial charge in [-0.15, -0.1) is 0 Å². The van der Waals surface area contributed by atoms with Gasteiger partial charge in [-0.25, -0.2) is 17.5 Å². The summed E-state index contributed by atoms with van der Waals surface area (Å²) in [5, 5.41) is 8.89. The van der Waals surface area contributed by atoms with E-state index < -0.39 is 10.0 Å². The van der Waals surface area contributed by atoms with E-state index >= 15 is 0 Å². The van der Waals surface area contributed by atoms with Crippen molar-refractivity contribution >= 4 is 10.0 Å². The van der Waals surface area contributed by atoms with Crippen molar-refractivity contribution < 1.29 is 12.8 Å². The average molecular weight is 347 g/mol. The first-order valence-corrected chi connectivity index (χ1v) is 8.73.